The van der Waals surface area contributed by atoms with Gasteiger partial charge in [-0.15, -0.1) is 0 Å². The topological polar surface area (TPSA) is 76.7 Å². The summed E-state index contributed by atoms with van der Waals surface area (Å²) in [5.74, 6) is 0.0385. The lowest BCUT2D eigenvalue weighted by Gasteiger charge is -2.14. The number of carbonyl (C=O) groups excluding carboxylic acids is 2. The minimum absolute atomic E-state index is 0.0227. The number of hydrogen-bond donors (Lipinski definition) is 2. The second-order valence-corrected chi connectivity index (χ2v) is 5.55. The second kappa shape index (κ2) is 8.84. The van der Waals surface area contributed by atoms with Crippen LogP contribution in [0, 0.1) is 0 Å². The van der Waals surface area contributed by atoms with Crippen LogP contribution in [0.4, 0.5) is 11.4 Å². The fourth-order valence-corrected chi connectivity index (χ4v) is 2.30. The van der Waals surface area contributed by atoms with Crippen LogP contribution in [0.15, 0.2) is 48.5 Å². The van der Waals surface area contributed by atoms with Crippen molar-refractivity contribution >= 4 is 23.2 Å². The standard InChI is InChI=1S/C19H22N2O4/c1-13(14-7-9-17(25-3)10-8-14)19(23)21-16-6-4-5-15(11-16)20-18(22)12-24-2/h4-11,13H,12H2,1-3H3,(H,20,22)(H,21,23)/t13-/m0/s1. The Kier molecular flexibility index (Phi) is 6.54. The average Bonchev–Trinajstić information content (AvgIpc) is 2.61. The molecule has 0 spiro atoms. The van der Waals surface area contributed by atoms with Crippen molar-refractivity contribution in [2.45, 2.75) is 12.8 Å². The van der Waals surface area contributed by atoms with Gasteiger partial charge in [-0.3, -0.25) is 9.59 Å². The lowest BCUT2D eigenvalue weighted by molar-refractivity contribution is -0.119. The maximum absolute atomic E-state index is 12.5. The van der Waals surface area contributed by atoms with E-state index in [1.807, 2.05) is 31.2 Å². The zero-order valence-corrected chi connectivity index (χ0v) is 14.5. The van der Waals surface area contributed by atoms with Gasteiger partial charge < -0.3 is 20.1 Å². The van der Waals surface area contributed by atoms with E-state index in [9.17, 15) is 9.59 Å². The van der Waals surface area contributed by atoms with Crippen molar-refractivity contribution in [3.63, 3.8) is 0 Å². The number of methoxy groups -OCH3 is 2. The first kappa shape index (κ1) is 18.5. The first-order valence-corrected chi connectivity index (χ1v) is 7.87. The third-order valence-electron chi connectivity index (χ3n) is 3.70. The quantitative estimate of drug-likeness (QED) is 0.811. The number of nitrogens with one attached hydrogen (secondary N) is 2. The third-order valence-corrected chi connectivity index (χ3v) is 3.70. The Hall–Kier alpha value is -2.86. The van der Waals surface area contributed by atoms with Gasteiger partial charge in [0.05, 0.1) is 13.0 Å². The Bertz CT molecular complexity index is 728. The Morgan fingerprint density at radius 2 is 1.64 bits per heavy atom. The van der Waals surface area contributed by atoms with Gasteiger partial charge in [-0.05, 0) is 42.8 Å². The average molecular weight is 342 g/mol. The van der Waals surface area contributed by atoms with Crippen molar-refractivity contribution in [2.75, 3.05) is 31.5 Å². The number of amides is 2. The smallest absolute Gasteiger partial charge is 0.250 e. The molecule has 6 heteroatoms. The normalized spacial score (nSPS) is 11.5. The van der Waals surface area contributed by atoms with Crippen LogP contribution in [0.5, 0.6) is 5.75 Å². The van der Waals surface area contributed by atoms with Crippen molar-refractivity contribution in [3.8, 4) is 5.75 Å². The zero-order chi connectivity index (χ0) is 18.2. The summed E-state index contributed by atoms with van der Waals surface area (Å²) < 4.78 is 9.90. The van der Waals surface area contributed by atoms with Gasteiger partial charge in [0.1, 0.15) is 12.4 Å². The molecular weight excluding hydrogens is 320 g/mol. The number of carbonyl (C=O) groups is 2. The molecular formula is C19H22N2O4. The molecule has 2 N–H and O–H groups in total. The van der Waals surface area contributed by atoms with Crippen molar-refractivity contribution in [3.05, 3.63) is 54.1 Å². The molecule has 6 nitrogen and oxygen atoms in total. The lowest BCUT2D eigenvalue weighted by atomic mass is 10.00. The van der Waals surface area contributed by atoms with Crippen LogP contribution in [0.1, 0.15) is 18.4 Å². The largest absolute Gasteiger partial charge is 0.497 e. The number of anilines is 2. The van der Waals surface area contributed by atoms with Crippen molar-refractivity contribution < 1.29 is 19.1 Å². The highest BCUT2D eigenvalue weighted by atomic mass is 16.5. The van der Waals surface area contributed by atoms with Crippen LogP contribution in [0.25, 0.3) is 0 Å². The SMILES string of the molecule is COCC(=O)Nc1cccc(NC(=O)[C@@H](C)c2ccc(OC)cc2)c1. The summed E-state index contributed by atoms with van der Waals surface area (Å²) >= 11 is 0. The van der Waals surface area contributed by atoms with Gasteiger partial charge in [0.2, 0.25) is 11.8 Å². The molecule has 0 unspecified atom stereocenters. The first-order chi connectivity index (χ1) is 12.0. The minimum atomic E-state index is -0.322. The molecule has 0 radical (unpaired) electrons. The van der Waals surface area contributed by atoms with E-state index in [1.165, 1.54) is 7.11 Å². The van der Waals surface area contributed by atoms with E-state index in [0.717, 1.165) is 11.3 Å². The van der Waals surface area contributed by atoms with Crippen molar-refractivity contribution in [1.82, 2.24) is 0 Å². The molecule has 1 atom stereocenters. The zero-order valence-electron chi connectivity index (χ0n) is 14.5. The van der Waals surface area contributed by atoms with E-state index >= 15 is 0 Å². The third kappa shape index (κ3) is 5.32. The van der Waals surface area contributed by atoms with E-state index in [-0.39, 0.29) is 24.3 Å². The fourth-order valence-electron chi connectivity index (χ4n) is 2.30. The predicted octanol–water partition coefficient (Wildman–Crippen LogP) is 3.02. The molecule has 2 amide bonds. The predicted molar refractivity (Wildman–Crippen MR) is 97.0 cm³/mol. The summed E-state index contributed by atoms with van der Waals surface area (Å²) in [6, 6.07) is 14.4. The van der Waals surface area contributed by atoms with E-state index in [0.29, 0.717) is 11.4 Å². The molecule has 0 fully saturated rings. The molecule has 0 heterocycles. The van der Waals surface area contributed by atoms with Gasteiger partial charge in [0, 0.05) is 18.5 Å². The van der Waals surface area contributed by atoms with E-state index in [1.54, 1.807) is 31.4 Å². The van der Waals surface area contributed by atoms with E-state index in [4.69, 9.17) is 9.47 Å². The van der Waals surface area contributed by atoms with Crippen LogP contribution < -0.4 is 15.4 Å². The van der Waals surface area contributed by atoms with Gasteiger partial charge in [0.15, 0.2) is 0 Å². The van der Waals surface area contributed by atoms with Crippen LogP contribution >= 0.6 is 0 Å². The monoisotopic (exact) mass is 342 g/mol. The number of rotatable bonds is 7. The molecule has 0 aliphatic carbocycles. The fraction of sp³-hybridized carbons (Fsp3) is 0.263. The van der Waals surface area contributed by atoms with E-state index in [2.05, 4.69) is 10.6 Å². The summed E-state index contributed by atoms with van der Waals surface area (Å²) in [5, 5.41) is 5.56. The van der Waals surface area contributed by atoms with Gasteiger partial charge in [-0.2, -0.15) is 0 Å². The first-order valence-electron chi connectivity index (χ1n) is 7.87. The van der Waals surface area contributed by atoms with Gasteiger partial charge in [-0.25, -0.2) is 0 Å². The summed E-state index contributed by atoms with van der Waals surface area (Å²) in [6.45, 7) is 1.81. The Labute approximate surface area is 147 Å². The molecule has 0 aliphatic rings. The number of hydrogen-bond acceptors (Lipinski definition) is 4. The Balaban J connectivity index is 2.02. The molecule has 0 bridgehead atoms. The van der Waals surface area contributed by atoms with Crippen LogP contribution in [0.3, 0.4) is 0 Å². The highest BCUT2D eigenvalue weighted by Crippen LogP contribution is 2.22. The Morgan fingerprint density at radius 3 is 2.24 bits per heavy atom. The highest BCUT2D eigenvalue weighted by molar-refractivity contribution is 5.97. The maximum atomic E-state index is 12.5. The van der Waals surface area contributed by atoms with Crippen LogP contribution in [-0.4, -0.2) is 32.6 Å². The molecule has 2 rings (SSSR count). The summed E-state index contributed by atoms with van der Waals surface area (Å²) in [6.07, 6.45) is 0. The molecule has 25 heavy (non-hydrogen) atoms. The summed E-state index contributed by atoms with van der Waals surface area (Å²) in [4.78, 5) is 24.0. The maximum Gasteiger partial charge on any atom is 0.250 e. The minimum Gasteiger partial charge on any atom is -0.497 e. The van der Waals surface area contributed by atoms with Gasteiger partial charge in [0.25, 0.3) is 0 Å². The second-order valence-electron chi connectivity index (χ2n) is 5.55. The molecule has 2 aromatic carbocycles. The summed E-state index contributed by atoms with van der Waals surface area (Å²) in [7, 11) is 3.06. The highest BCUT2D eigenvalue weighted by Gasteiger charge is 2.15. The summed E-state index contributed by atoms with van der Waals surface area (Å²) in [5.41, 5.74) is 2.10. The van der Waals surface area contributed by atoms with Gasteiger partial charge >= 0.3 is 0 Å². The molecule has 0 saturated heterocycles. The molecule has 0 aliphatic heterocycles. The number of benzene rings is 2. The Morgan fingerprint density at radius 1 is 1.00 bits per heavy atom. The molecule has 2 aromatic rings. The van der Waals surface area contributed by atoms with Gasteiger partial charge in [-0.1, -0.05) is 18.2 Å². The van der Waals surface area contributed by atoms with Crippen LogP contribution in [-0.2, 0) is 14.3 Å². The van der Waals surface area contributed by atoms with Crippen LogP contribution in [0.2, 0.25) is 0 Å². The molecule has 0 saturated carbocycles. The lowest BCUT2D eigenvalue weighted by Crippen LogP contribution is -2.19. The van der Waals surface area contributed by atoms with E-state index < -0.39 is 0 Å². The number of ether oxygens (including phenoxy) is 2. The van der Waals surface area contributed by atoms with Crippen molar-refractivity contribution in [1.29, 1.82) is 0 Å². The molecule has 132 valence electrons. The molecule has 0 aromatic heterocycles. The van der Waals surface area contributed by atoms with Crippen molar-refractivity contribution in [2.24, 2.45) is 0 Å².